The molecule has 1 heterocycles. The lowest BCUT2D eigenvalue weighted by Crippen LogP contribution is -2.04. The molecule has 0 aliphatic heterocycles. The van der Waals surface area contributed by atoms with Gasteiger partial charge in [0, 0.05) is 12.6 Å². The van der Waals surface area contributed by atoms with E-state index < -0.39 is 11.7 Å². The highest BCUT2D eigenvalue weighted by molar-refractivity contribution is 5.33. The van der Waals surface area contributed by atoms with E-state index in [-0.39, 0.29) is 18.2 Å². The van der Waals surface area contributed by atoms with Crippen LogP contribution in [0.1, 0.15) is 11.3 Å². The second-order valence-electron chi connectivity index (χ2n) is 3.80. The number of ether oxygens (including phenoxy) is 1. The molecule has 0 aliphatic carbocycles. The number of hydrogen-bond acceptors (Lipinski definition) is 3. The van der Waals surface area contributed by atoms with Crippen molar-refractivity contribution in [2.45, 2.75) is 12.7 Å². The average Bonchev–Trinajstić information content (AvgIpc) is 2.38. The van der Waals surface area contributed by atoms with E-state index in [1.165, 1.54) is 12.1 Å². The van der Waals surface area contributed by atoms with E-state index in [1.807, 2.05) is 0 Å². The number of halogens is 3. The third-order valence-electron chi connectivity index (χ3n) is 2.37. The SMILES string of the molecule is NCc1cccc(Oc2cccc(C(F)(F)F)c2)n1. The zero-order valence-corrected chi connectivity index (χ0v) is 9.82. The number of nitrogens with zero attached hydrogens (tertiary/aromatic N) is 1. The van der Waals surface area contributed by atoms with E-state index in [1.54, 1.807) is 18.2 Å². The molecular formula is C13H11F3N2O. The zero-order chi connectivity index (χ0) is 13.9. The Hall–Kier alpha value is -2.08. The lowest BCUT2D eigenvalue weighted by molar-refractivity contribution is -0.137. The number of hydrogen-bond donors (Lipinski definition) is 1. The van der Waals surface area contributed by atoms with Crippen LogP contribution < -0.4 is 10.5 Å². The van der Waals surface area contributed by atoms with Gasteiger partial charge in [0.15, 0.2) is 0 Å². The van der Waals surface area contributed by atoms with Crippen LogP contribution in [0, 0.1) is 0 Å². The topological polar surface area (TPSA) is 48.1 Å². The second-order valence-corrected chi connectivity index (χ2v) is 3.80. The first kappa shape index (κ1) is 13.4. The minimum atomic E-state index is -4.40. The van der Waals surface area contributed by atoms with Crippen LogP contribution in [0.2, 0.25) is 0 Å². The van der Waals surface area contributed by atoms with Crippen LogP contribution in [0.4, 0.5) is 13.2 Å². The number of rotatable bonds is 3. The van der Waals surface area contributed by atoms with Crippen LogP contribution >= 0.6 is 0 Å². The third-order valence-corrected chi connectivity index (χ3v) is 2.37. The van der Waals surface area contributed by atoms with Crippen molar-refractivity contribution in [3.05, 3.63) is 53.7 Å². The number of aromatic nitrogens is 1. The normalized spacial score (nSPS) is 11.4. The maximum Gasteiger partial charge on any atom is 0.416 e. The van der Waals surface area contributed by atoms with Gasteiger partial charge in [-0.3, -0.25) is 0 Å². The smallest absolute Gasteiger partial charge is 0.416 e. The maximum atomic E-state index is 12.5. The summed E-state index contributed by atoms with van der Waals surface area (Å²) in [6.45, 7) is 0.236. The molecule has 0 bridgehead atoms. The third kappa shape index (κ3) is 3.45. The van der Waals surface area contributed by atoms with Crippen molar-refractivity contribution in [2.24, 2.45) is 5.73 Å². The Labute approximate surface area is 107 Å². The van der Waals surface area contributed by atoms with Gasteiger partial charge in [0.2, 0.25) is 5.88 Å². The Morgan fingerprint density at radius 3 is 2.53 bits per heavy atom. The predicted octanol–water partition coefficient (Wildman–Crippen LogP) is 3.35. The van der Waals surface area contributed by atoms with Gasteiger partial charge < -0.3 is 10.5 Å². The van der Waals surface area contributed by atoms with Crippen LogP contribution in [-0.4, -0.2) is 4.98 Å². The van der Waals surface area contributed by atoms with Crippen molar-refractivity contribution >= 4 is 0 Å². The molecule has 3 nitrogen and oxygen atoms in total. The first-order valence-electron chi connectivity index (χ1n) is 5.50. The highest BCUT2D eigenvalue weighted by Crippen LogP contribution is 2.32. The van der Waals surface area contributed by atoms with Crippen molar-refractivity contribution in [1.29, 1.82) is 0 Å². The fraction of sp³-hybridized carbons (Fsp3) is 0.154. The minimum absolute atomic E-state index is 0.0801. The van der Waals surface area contributed by atoms with Crippen LogP contribution in [0.15, 0.2) is 42.5 Å². The van der Waals surface area contributed by atoms with Crippen molar-refractivity contribution in [1.82, 2.24) is 4.98 Å². The van der Waals surface area contributed by atoms with Gasteiger partial charge in [-0.2, -0.15) is 13.2 Å². The van der Waals surface area contributed by atoms with E-state index in [9.17, 15) is 13.2 Å². The minimum Gasteiger partial charge on any atom is -0.439 e. The van der Waals surface area contributed by atoms with E-state index in [0.717, 1.165) is 12.1 Å². The number of benzene rings is 1. The van der Waals surface area contributed by atoms with E-state index in [4.69, 9.17) is 10.5 Å². The number of nitrogens with two attached hydrogens (primary N) is 1. The molecular weight excluding hydrogens is 257 g/mol. The molecule has 2 N–H and O–H groups in total. The Morgan fingerprint density at radius 1 is 1.11 bits per heavy atom. The first-order valence-corrected chi connectivity index (χ1v) is 5.50. The van der Waals surface area contributed by atoms with Crippen LogP contribution in [0.3, 0.4) is 0 Å². The number of pyridine rings is 1. The molecule has 0 fully saturated rings. The highest BCUT2D eigenvalue weighted by atomic mass is 19.4. The summed E-state index contributed by atoms with van der Waals surface area (Å²) < 4.78 is 42.9. The van der Waals surface area contributed by atoms with Gasteiger partial charge in [0.05, 0.1) is 11.3 Å². The summed E-state index contributed by atoms with van der Waals surface area (Å²) in [6, 6.07) is 9.57. The Kier molecular flexibility index (Phi) is 3.71. The monoisotopic (exact) mass is 268 g/mol. The molecule has 0 unspecified atom stereocenters. The molecule has 0 aliphatic rings. The molecule has 1 aromatic heterocycles. The van der Waals surface area contributed by atoms with Gasteiger partial charge in [-0.05, 0) is 24.3 Å². The number of alkyl halides is 3. The lowest BCUT2D eigenvalue weighted by atomic mass is 10.2. The molecule has 19 heavy (non-hydrogen) atoms. The maximum absolute atomic E-state index is 12.5. The first-order chi connectivity index (χ1) is 8.99. The van der Waals surface area contributed by atoms with Crippen molar-refractivity contribution in [3.8, 4) is 11.6 Å². The Balaban J connectivity index is 2.23. The molecule has 0 atom stereocenters. The summed E-state index contributed by atoms with van der Waals surface area (Å²) >= 11 is 0. The van der Waals surface area contributed by atoms with Gasteiger partial charge in [-0.25, -0.2) is 4.98 Å². The molecule has 0 spiro atoms. The second kappa shape index (κ2) is 5.27. The van der Waals surface area contributed by atoms with Gasteiger partial charge in [-0.15, -0.1) is 0 Å². The van der Waals surface area contributed by atoms with Gasteiger partial charge in [0.1, 0.15) is 5.75 Å². The summed E-state index contributed by atoms with van der Waals surface area (Å²) in [7, 11) is 0. The quantitative estimate of drug-likeness (QED) is 0.928. The fourth-order valence-corrected chi connectivity index (χ4v) is 1.48. The lowest BCUT2D eigenvalue weighted by Gasteiger charge is -2.09. The van der Waals surface area contributed by atoms with Crippen molar-refractivity contribution in [3.63, 3.8) is 0 Å². The summed E-state index contributed by atoms with van der Waals surface area (Å²) in [4.78, 5) is 4.05. The molecule has 2 aromatic rings. The predicted molar refractivity (Wildman–Crippen MR) is 63.6 cm³/mol. The molecule has 2 rings (SSSR count). The van der Waals surface area contributed by atoms with Crippen molar-refractivity contribution < 1.29 is 17.9 Å². The zero-order valence-electron chi connectivity index (χ0n) is 9.82. The van der Waals surface area contributed by atoms with Gasteiger partial charge in [0.25, 0.3) is 0 Å². The summed E-state index contributed by atoms with van der Waals surface area (Å²) in [5.74, 6) is 0.291. The van der Waals surface area contributed by atoms with Gasteiger partial charge in [-0.1, -0.05) is 12.1 Å². The summed E-state index contributed by atoms with van der Waals surface area (Å²) in [6.07, 6.45) is -4.40. The fourth-order valence-electron chi connectivity index (χ4n) is 1.48. The molecule has 100 valence electrons. The summed E-state index contributed by atoms with van der Waals surface area (Å²) in [5, 5.41) is 0. The van der Waals surface area contributed by atoms with Crippen LogP contribution in [-0.2, 0) is 12.7 Å². The molecule has 0 saturated heterocycles. The molecule has 0 amide bonds. The molecule has 0 radical (unpaired) electrons. The Morgan fingerprint density at radius 2 is 1.84 bits per heavy atom. The van der Waals surface area contributed by atoms with Gasteiger partial charge >= 0.3 is 6.18 Å². The summed E-state index contributed by atoms with van der Waals surface area (Å²) in [5.41, 5.74) is 5.26. The molecule has 1 aromatic carbocycles. The average molecular weight is 268 g/mol. The Bertz CT molecular complexity index is 570. The molecule has 0 saturated carbocycles. The van der Waals surface area contributed by atoms with E-state index in [0.29, 0.717) is 5.69 Å². The van der Waals surface area contributed by atoms with E-state index >= 15 is 0 Å². The van der Waals surface area contributed by atoms with Crippen molar-refractivity contribution in [2.75, 3.05) is 0 Å². The largest absolute Gasteiger partial charge is 0.439 e. The molecule has 6 heteroatoms. The highest BCUT2D eigenvalue weighted by Gasteiger charge is 2.30. The van der Waals surface area contributed by atoms with Crippen LogP contribution in [0.25, 0.3) is 0 Å². The van der Waals surface area contributed by atoms with E-state index in [2.05, 4.69) is 4.98 Å². The standard InChI is InChI=1S/C13H11F3N2O/c14-13(15,16)9-3-1-5-11(7-9)19-12-6-2-4-10(8-17)18-12/h1-7H,8,17H2. The van der Waals surface area contributed by atoms with Crippen LogP contribution in [0.5, 0.6) is 11.6 Å².